The van der Waals surface area contributed by atoms with Crippen LogP contribution in [0.15, 0.2) is 36.5 Å². The number of hydrogen-bond acceptors (Lipinski definition) is 5. The number of pyridine rings is 1. The summed E-state index contributed by atoms with van der Waals surface area (Å²) in [4.78, 5) is 26.1. The van der Waals surface area contributed by atoms with Crippen LogP contribution in [0.3, 0.4) is 0 Å². The average Bonchev–Trinajstić information content (AvgIpc) is 3.24. The molecular weight excluding hydrogens is 416 g/mol. The Kier molecular flexibility index (Phi) is 6.31. The van der Waals surface area contributed by atoms with Crippen molar-refractivity contribution >= 4 is 22.8 Å². The summed E-state index contributed by atoms with van der Waals surface area (Å²) in [5.74, 6) is 1.51. The molecule has 1 saturated heterocycles. The van der Waals surface area contributed by atoms with E-state index in [0.717, 1.165) is 85.4 Å². The predicted octanol–water partition coefficient (Wildman–Crippen LogP) is 4.95. The van der Waals surface area contributed by atoms with E-state index in [1.165, 1.54) is 0 Å². The van der Waals surface area contributed by atoms with Gasteiger partial charge in [-0.3, -0.25) is 4.79 Å². The van der Waals surface area contributed by atoms with Gasteiger partial charge in [0.15, 0.2) is 0 Å². The highest BCUT2D eigenvalue weighted by Gasteiger charge is 2.28. The van der Waals surface area contributed by atoms with Gasteiger partial charge in [0.25, 0.3) is 0 Å². The Morgan fingerprint density at radius 3 is 2.55 bits per heavy atom. The second-order valence-electron chi connectivity index (χ2n) is 9.52. The number of fused-ring (bicyclic) bond motifs is 1. The Balaban J connectivity index is 1.15. The Hall–Kier alpha value is -2.93. The summed E-state index contributed by atoms with van der Waals surface area (Å²) in [6, 6.07) is 10.2. The zero-order valence-corrected chi connectivity index (χ0v) is 19.2. The van der Waals surface area contributed by atoms with Gasteiger partial charge in [-0.15, -0.1) is 0 Å². The quantitative estimate of drug-likeness (QED) is 0.554. The van der Waals surface area contributed by atoms with Crippen LogP contribution < -0.4 is 4.90 Å². The fraction of sp³-hybridized carbons (Fsp3) is 0.500. The molecule has 0 radical (unpaired) electrons. The average molecular weight is 449 g/mol. The number of nitrogens with one attached hydrogen (secondary N) is 1. The molecule has 0 bridgehead atoms. The predicted molar refractivity (Wildman–Crippen MR) is 128 cm³/mol. The van der Waals surface area contributed by atoms with E-state index in [-0.39, 0.29) is 12.2 Å². The maximum Gasteiger partial charge on any atom is 0.303 e. The molecular formula is C26H32N4O3. The Morgan fingerprint density at radius 1 is 1.12 bits per heavy atom. The first-order valence-corrected chi connectivity index (χ1v) is 12.1. The normalized spacial score (nSPS) is 22.0. The standard InChI is InChI=1S/C26H32N4O3/c1-17-14-24(27-16-21(17)26-28-22-4-2-3-5-23(22)29-26)30-12-10-20(11-13-30)33-19-8-6-18(7-9-19)15-25(31)32/h2-5,14,16,18-20H,6-13,15H2,1H3,(H,28,29)(H,31,32)/t18-,19+. The van der Waals surface area contributed by atoms with E-state index in [4.69, 9.17) is 19.8 Å². The van der Waals surface area contributed by atoms with Gasteiger partial charge in [0, 0.05) is 31.3 Å². The van der Waals surface area contributed by atoms with Crippen molar-refractivity contribution in [2.45, 2.75) is 64.1 Å². The number of aliphatic carboxylic acids is 1. The van der Waals surface area contributed by atoms with Crippen molar-refractivity contribution in [3.05, 3.63) is 42.1 Å². The molecule has 174 valence electrons. The Labute approximate surface area is 194 Å². The molecule has 1 saturated carbocycles. The minimum atomic E-state index is -0.679. The molecule has 0 amide bonds. The maximum atomic E-state index is 10.9. The van der Waals surface area contributed by atoms with Crippen molar-refractivity contribution in [2.75, 3.05) is 18.0 Å². The highest BCUT2D eigenvalue weighted by molar-refractivity contribution is 5.79. The van der Waals surface area contributed by atoms with Crippen LogP contribution in [0.2, 0.25) is 0 Å². The summed E-state index contributed by atoms with van der Waals surface area (Å²) < 4.78 is 6.39. The van der Waals surface area contributed by atoms with E-state index >= 15 is 0 Å². The first-order valence-electron chi connectivity index (χ1n) is 12.1. The monoisotopic (exact) mass is 448 g/mol. The lowest BCUT2D eigenvalue weighted by atomic mass is 9.85. The van der Waals surface area contributed by atoms with Crippen LogP contribution in [0.1, 0.15) is 50.5 Å². The van der Waals surface area contributed by atoms with Crippen LogP contribution >= 0.6 is 0 Å². The van der Waals surface area contributed by atoms with Gasteiger partial charge < -0.3 is 19.7 Å². The molecule has 33 heavy (non-hydrogen) atoms. The number of carboxylic acid groups (broad SMARTS) is 1. The molecule has 0 spiro atoms. The minimum Gasteiger partial charge on any atom is -0.481 e. The molecule has 0 atom stereocenters. The van der Waals surface area contributed by atoms with Crippen LogP contribution in [0.5, 0.6) is 0 Å². The topological polar surface area (TPSA) is 91.3 Å². The molecule has 2 aromatic heterocycles. The molecule has 7 nitrogen and oxygen atoms in total. The number of benzene rings is 1. The smallest absolute Gasteiger partial charge is 0.303 e. The SMILES string of the molecule is Cc1cc(N2CCC(O[C@H]3CC[C@@H](CC(=O)O)CC3)CC2)ncc1-c1nc2ccccc2[nH]1. The number of rotatable bonds is 6. The summed E-state index contributed by atoms with van der Waals surface area (Å²) >= 11 is 0. The van der Waals surface area contributed by atoms with Crippen molar-refractivity contribution in [3.8, 4) is 11.4 Å². The van der Waals surface area contributed by atoms with E-state index in [1.807, 2.05) is 30.5 Å². The lowest BCUT2D eigenvalue weighted by molar-refractivity contribution is -0.138. The van der Waals surface area contributed by atoms with Gasteiger partial charge in [0.1, 0.15) is 11.6 Å². The number of H-pyrrole nitrogens is 1. The maximum absolute atomic E-state index is 10.9. The van der Waals surface area contributed by atoms with Crippen molar-refractivity contribution in [1.29, 1.82) is 0 Å². The largest absolute Gasteiger partial charge is 0.481 e. The number of anilines is 1. The second-order valence-corrected chi connectivity index (χ2v) is 9.52. The van der Waals surface area contributed by atoms with Crippen LogP contribution in [0.4, 0.5) is 5.82 Å². The molecule has 1 aliphatic carbocycles. The van der Waals surface area contributed by atoms with Crippen LogP contribution in [-0.2, 0) is 9.53 Å². The van der Waals surface area contributed by atoms with E-state index in [1.54, 1.807) is 0 Å². The summed E-state index contributed by atoms with van der Waals surface area (Å²) in [5.41, 5.74) is 4.20. The molecule has 7 heteroatoms. The molecule has 3 aromatic rings. The number of para-hydroxylation sites is 2. The fourth-order valence-corrected chi connectivity index (χ4v) is 5.25. The summed E-state index contributed by atoms with van der Waals surface area (Å²) in [6.07, 6.45) is 8.72. The van der Waals surface area contributed by atoms with Crippen molar-refractivity contribution < 1.29 is 14.6 Å². The molecule has 2 aliphatic rings. The van der Waals surface area contributed by atoms with Crippen LogP contribution in [0.25, 0.3) is 22.4 Å². The van der Waals surface area contributed by atoms with Crippen LogP contribution in [-0.4, -0.2) is 51.3 Å². The lowest BCUT2D eigenvalue weighted by Crippen LogP contribution is -2.39. The van der Waals surface area contributed by atoms with Gasteiger partial charge in [0.2, 0.25) is 0 Å². The number of imidazole rings is 1. The number of piperidine rings is 1. The van der Waals surface area contributed by atoms with Gasteiger partial charge in [-0.05, 0) is 75.1 Å². The van der Waals surface area contributed by atoms with Crippen molar-refractivity contribution in [2.24, 2.45) is 5.92 Å². The first-order chi connectivity index (χ1) is 16.0. The molecule has 0 unspecified atom stereocenters. The number of carbonyl (C=O) groups is 1. The van der Waals surface area contributed by atoms with Gasteiger partial charge in [-0.2, -0.15) is 0 Å². The zero-order chi connectivity index (χ0) is 22.8. The Morgan fingerprint density at radius 2 is 1.85 bits per heavy atom. The molecule has 1 aliphatic heterocycles. The third-order valence-electron chi connectivity index (χ3n) is 7.15. The molecule has 5 rings (SSSR count). The van der Waals surface area contributed by atoms with Gasteiger partial charge in [0.05, 0.1) is 23.2 Å². The molecule has 2 N–H and O–H groups in total. The van der Waals surface area contributed by atoms with Gasteiger partial charge in [-0.1, -0.05) is 12.1 Å². The molecule has 2 fully saturated rings. The van der Waals surface area contributed by atoms with E-state index in [9.17, 15) is 4.79 Å². The van der Waals surface area contributed by atoms with Gasteiger partial charge in [-0.25, -0.2) is 9.97 Å². The second kappa shape index (κ2) is 9.51. The van der Waals surface area contributed by atoms with E-state index < -0.39 is 5.97 Å². The van der Waals surface area contributed by atoms with Crippen molar-refractivity contribution in [1.82, 2.24) is 15.0 Å². The van der Waals surface area contributed by atoms with Crippen LogP contribution in [0, 0.1) is 12.8 Å². The third kappa shape index (κ3) is 5.03. The minimum absolute atomic E-state index is 0.287. The number of hydrogen-bond donors (Lipinski definition) is 2. The number of aryl methyl sites for hydroxylation is 1. The summed E-state index contributed by atoms with van der Waals surface area (Å²) in [5, 5.41) is 8.99. The first kappa shape index (κ1) is 21.9. The summed E-state index contributed by atoms with van der Waals surface area (Å²) in [7, 11) is 0. The van der Waals surface area contributed by atoms with E-state index in [2.05, 4.69) is 22.9 Å². The number of nitrogens with zero attached hydrogens (tertiary/aromatic N) is 3. The van der Waals surface area contributed by atoms with Gasteiger partial charge >= 0.3 is 5.97 Å². The number of aromatic nitrogens is 3. The highest BCUT2D eigenvalue weighted by atomic mass is 16.5. The van der Waals surface area contributed by atoms with Crippen molar-refractivity contribution in [3.63, 3.8) is 0 Å². The number of carboxylic acids is 1. The molecule has 3 heterocycles. The Bertz CT molecular complexity index is 1080. The van der Waals surface area contributed by atoms with E-state index in [0.29, 0.717) is 12.3 Å². The molecule has 1 aromatic carbocycles. The zero-order valence-electron chi connectivity index (χ0n) is 19.2. The number of aromatic amines is 1. The summed E-state index contributed by atoms with van der Waals surface area (Å²) in [6.45, 7) is 4.00. The number of ether oxygens (including phenoxy) is 1. The third-order valence-corrected chi connectivity index (χ3v) is 7.15. The highest BCUT2D eigenvalue weighted by Crippen LogP contribution is 2.31. The lowest BCUT2D eigenvalue weighted by Gasteiger charge is -2.36. The fourth-order valence-electron chi connectivity index (χ4n) is 5.25.